The third kappa shape index (κ3) is 5.98. The van der Waals surface area contributed by atoms with Crippen LogP contribution in [0.1, 0.15) is 11.3 Å². The number of aliphatic imine (C=N–C) groups is 1. The zero-order chi connectivity index (χ0) is 16.5. The van der Waals surface area contributed by atoms with Crippen LogP contribution in [-0.4, -0.2) is 31.1 Å². The second-order valence-corrected chi connectivity index (χ2v) is 5.90. The summed E-state index contributed by atoms with van der Waals surface area (Å²) in [7, 11) is 1.72. The molecule has 0 fully saturated rings. The molecule has 1 heterocycles. The number of halogens is 2. The molecule has 0 aliphatic rings. The van der Waals surface area contributed by atoms with E-state index >= 15 is 0 Å². The van der Waals surface area contributed by atoms with Crippen molar-refractivity contribution in [1.29, 1.82) is 0 Å². The zero-order valence-electron chi connectivity index (χ0n) is 13.0. The van der Waals surface area contributed by atoms with Gasteiger partial charge in [0.05, 0.1) is 0 Å². The molecule has 2 aromatic rings. The first kappa shape index (κ1) is 17.4. The molecule has 0 atom stereocenters. The van der Waals surface area contributed by atoms with E-state index in [1.807, 2.05) is 18.2 Å². The first-order valence-electron chi connectivity index (χ1n) is 7.47. The van der Waals surface area contributed by atoms with Crippen LogP contribution < -0.4 is 10.6 Å². The molecule has 0 saturated carbocycles. The topological polar surface area (TPSA) is 49.3 Å². The van der Waals surface area contributed by atoms with E-state index in [-0.39, 0.29) is 5.82 Å². The number of guanidine groups is 1. The highest BCUT2D eigenvalue weighted by atomic mass is 79.9. The average molecular weight is 379 g/mol. The number of pyridine rings is 1. The third-order valence-corrected chi connectivity index (χ3v) is 3.81. The Morgan fingerprint density at radius 2 is 1.96 bits per heavy atom. The van der Waals surface area contributed by atoms with Gasteiger partial charge in [0.25, 0.3) is 0 Å². The molecule has 6 heteroatoms. The second kappa shape index (κ2) is 9.25. The quantitative estimate of drug-likeness (QED) is 0.600. The van der Waals surface area contributed by atoms with E-state index in [2.05, 4.69) is 36.5 Å². The van der Waals surface area contributed by atoms with Crippen molar-refractivity contribution in [3.8, 4) is 0 Å². The molecule has 0 saturated heterocycles. The van der Waals surface area contributed by atoms with Crippen LogP contribution in [0, 0.1) is 5.82 Å². The van der Waals surface area contributed by atoms with Crippen molar-refractivity contribution in [2.75, 3.05) is 20.1 Å². The van der Waals surface area contributed by atoms with Gasteiger partial charge in [0.2, 0.25) is 0 Å². The fourth-order valence-electron chi connectivity index (χ4n) is 2.13. The van der Waals surface area contributed by atoms with Gasteiger partial charge in [-0.05, 0) is 42.3 Å². The molecule has 2 rings (SSSR count). The highest BCUT2D eigenvalue weighted by Gasteiger charge is 2.04. The minimum atomic E-state index is -0.187. The number of hydrogen-bond donors (Lipinski definition) is 2. The van der Waals surface area contributed by atoms with Crippen LogP contribution in [0.2, 0.25) is 0 Å². The monoisotopic (exact) mass is 378 g/mol. The summed E-state index contributed by atoms with van der Waals surface area (Å²) in [6.07, 6.45) is 3.20. The fourth-order valence-corrected chi connectivity index (χ4v) is 2.53. The van der Waals surface area contributed by atoms with Crippen molar-refractivity contribution in [2.45, 2.75) is 12.8 Å². The molecule has 4 nitrogen and oxygen atoms in total. The van der Waals surface area contributed by atoms with Crippen LogP contribution >= 0.6 is 15.9 Å². The number of hydrogen-bond acceptors (Lipinski definition) is 2. The molecule has 0 spiro atoms. The number of aromatic nitrogens is 1. The van der Waals surface area contributed by atoms with Crippen molar-refractivity contribution < 1.29 is 4.39 Å². The van der Waals surface area contributed by atoms with Gasteiger partial charge in [-0.3, -0.25) is 9.98 Å². The van der Waals surface area contributed by atoms with Gasteiger partial charge in [0, 0.05) is 42.9 Å². The average Bonchev–Trinajstić information content (AvgIpc) is 2.57. The van der Waals surface area contributed by atoms with Crippen molar-refractivity contribution in [2.24, 2.45) is 4.99 Å². The lowest BCUT2D eigenvalue weighted by Gasteiger charge is -2.12. The molecule has 0 unspecified atom stereocenters. The molecule has 2 N–H and O–H groups in total. The Kier molecular flexibility index (Phi) is 7.00. The SMILES string of the molecule is CN=C(NCCc1ccccn1)NCCc1cc(Br)ccc1F. The predicted octanol–water partition coefficient (Wildman–Crippen LogP) is 2.93. The van der Waals surface area contributed by atoms with Crippen molar-refractivity contribution >= 4 is 21.9 Å². The minimum absolute atomic E-state index is 0.187. The van der Waals surface area contributed by atoms with E-state index in [4.69, 9.17) is 0 Å². The van der Waals surface area contributed by atoms with Crippen LogP contribution in [-0.2, 0) is 12.8 Å². The Labute approximate surface area is 144 Å². The maximum Gasteiger partial charge on any atom is 0.190 e. The highest BCUT2D eigenvalue weighted by molar-refractivity contribution is 9.10. The molecule has 1 aromatic carbocycles. The van der Waals surface area contributed by atoms with E-state index in [1.54, 1.807) is 25.4 Å². The zero-order valence-corrected chi connectivity index (χ0v) is 14.6. The molecule has 1 aromatic heterocycles. The summed E-state index contributed by atoms with van der Waals surface area (Å²) in [6, 6.07) is 10.8. The third-order valence-electron chi connectivity index (χ3n) is 3.32. The van der Waals surface area contributed by atoms with Gasteiger partial charge in [0.1, 0.15) is 5.82 Å². The van der Waals surface area contributed by atoms with Gasteiger partial charge in [-0.15, -0.1) is 0 Å². The van der Waals surface area contributed by atoms with Gasteiger partial charge in [-0.1, -0.05) is 22.0 Å². The largest absolute Gasteiger partial charge is 0.356 e. The molecular weight excluding hydrogens is 359 g/mol. The predicted molar refractivity (Wildman–Crippen MR) is 95.1 cm³/mol. The summed E-state index contributed by atoms with van der Waals surface area (Å²) in [5.74, 6) is 0.518. The molecule has 0 aliphatic carbocycles. The highest BCUT2D eigenvalue weighted by Crippen LogP contribution is 2.15. The lowest BCUT2D eigenvalue weighted by Crippen LogP contribution is -2.39. The fraction of sp³-hybridized carbons (Fsp3) is 0.294. The van der Waals surface area contributed by atoms with Gasteiger partial charge in [-0.25, -0.2) is 4.39 Å². The first-order chi connectivity index (χ1) is 11.2. The van der Waals surface area contributed by atoms with Gasteiger partial charge >= 0.3 is 0 Å². The molecule has 0 bridgehead atoms. The van der Waals surface area contributed by atoms with Crippen LogP contribution in [0.3, 0.4) is 0 Å². The second-order valence-electron chi connectivity index (χ2n) is 4.98. The van der Waals surface area contributed by atoms with E-state index in [0.29, 0.717) is 24.5 Å². The normalized spacial score (nSPS) is 11.3. The summed E-state index contributed by atoms with van der Waals surface area (Å²) in [4.78, 5) is 8.44. The van der Waals surface area contributed by atoms with Crippen molar-refractivity contribution in [1.82, 2.24) is 15.6 Å². The molecule has 0 amide bonds. The lowest BCUT2D eigenvalue weighted by atomic mass is 10.1. The Bertz CT molecular complexity index is 646. The van der Waals surface area contributed by atoms with E-state index in [0.717, 1.165) is 23.1 Å². The molecule has 122 valence electrons. The Morgan fingerprint density at radius 3 is 2.65 bits per heavy atom. The standard InChI is InChI=1S/C17H20BrFN4/c1-20-17(23-11-8-15-4-2-3-9-21-15)22-10-7-13-12-14(18)5-6-16(13)19/h2-6,9,12H,7-8,10-11H2,1H3,(H2,20,22,23). The van der Waals surface area contributed by atoms with E-state index in [1.165, 1.54) is 6.07 Å². The Morgan fingerprint density at radius 1 is 1.17 bits per heavy atom. The summed E-state index contributed by atoms with van der Waals surface area (Å²) in [6.45, 7) is 1.35. The van der Waals surface area contributed by atoms with Crippen molar-refractivity contribution in [3.63, 3.8) is 0 Å². The van der Waals surface area contributed by atoms with Crippen LogP contribution in [0.4, 0.5) is 4.39 Å². The summed E-state index contributed by atoms with van der Waals surface area (Å²) in [5, 5.41) is 6.41. The van der Waals surface area contributed by atoms with Crippen molar-refractivity contribution in [3.05, 3.63) is 64.1 Å². The summed E-state index contributed by atoms with van der Waals surface area (Å²) < 4.78 is 14.5. The molecule has 23 heavy (non-hydrogen) atoms. The molecule has 0 aliphatic heterocycles. The van der Waals surface area contributed by atoms with Gasteiger partial charge < -0.3 is 10.6 Å². The lowest BCUT2D eigenvalue weighted by molar-refractivity contribution is 0.606. The molecular formula is C17H20BrFN4. The number of benzene rings is 1. The van der Waals surface area contributed by atoms with Crippen LogP contribution in [0.25, 0.3) is 0 Å². The van der Waals surface area contributed by atoms with Gasteiger partial charge in [0.15, 0.2) is 5.96 Å². The van der Waals surface area contributed by atoms with Crippen LogP contribution in [0.15, 0.2) is 52.1 Å². The molecule has 0 radical (unpaired) electrons. The minimum Gasteiger partial charge on any atom is -0.356 e. The Hall–Kier alpha value is -1.95. The Balaban J connectivity index is 1.74. The van der Waals surface area contributed by atoms with Gasteiger partial charge in [-0.2, -0.15) is 0 Å². The first-order valence-corrected chi connectivity index (χ1v) is 8.26. The van der Waals surface area contributed by atoms with E-state index in [9.17, 15) is 4.39 Å². The number of nitrogens with one attached hydrogen (secondary N) is 2. The summed E-state index contributed by atoms with van der Waals surface area (Å²) >= 11 is 3.36. The number of rotatable bonds is 6. The maximum atomic E-state index is 13.7. The maximum absolute atomic E-state index is 13.7. The van der Waals surface area contributed by atoms with E-state index < -0.39 is 0 Å². The smallest absolute Gasteiger partial charge is 0.190 e. The number of nitrogens with zero attached hydrogens (tertiary/aromatic N) is 2. The van der Waals surface area contributed by atoms with Crippen LogP contribution in [0.5, 0.6) is 0 Å². The summed E-state index contributed by atoms with van der Waals surface area (Å²) in [5.41, 5.74) is 1.71.